The molecule has 4 rings (SSSR count). The lowest BCUT2D eigenvalue weighted by atomic mass is 9.97. The van der Waals surface area contributed by atoms with Gasteiger partial charge in [-0.1, -0.05) is 30.3 Å². The molecule has 0 spiro atoms. The first-order valence-electron chi connectivity index (χ1n) is 12.3. The van der Waals surface area contributed by atoms with Crippen LogP contribution in [-0.2, 0) is 4.79 Å². The number of hydrazone groups is 1. The average molecular weight is 485 g/mol. The Morgan fingerprint density at radius 3 is 2.22 bits per heavy atom. The van der Waals surface area contributed by atoms with Crippen molar-refractivity contribution in [2.24, 2.45) is 5.10 Å². The van der Waals surface area contributed by atoms with Crippen molar-refractivity contribution in [3.05, 3.63) is 90.0 Å². The van der Waals surface area contributed by atoms with Gasteiger partial charge in [-0.15, -0.1) is 0 Å². The molecule has 0 bridgehead atoms. The Balaban J connectivity index is 1.24. The first-order chi connectivity index (χ1) is 17.5. The lowest BCUT2D eigenvalue weighted by Gasteiger charge is -2.38. The maximum absolute atomic E-state index is 12.6. The van der Waals surface area contributed by atoms with Gasteiger partial charge in [0.25, 0.3) is 11.8 Å². The number of hydrogen-bond donors (Lipinski definition) is 2. The molecule has 2 amide bonds. The summed E-state index contributed by atoms with van der Waals surface area (Å²) in [6.45, 7) is 4.16. The second-order valence-corrected chi connectivity index (χ2v) is 9.06. The van der Waals surface area contributed by atoms with Gasteiger partial charge in [-0.3, -0.25) is 9.59 Å². The Kier molecular flexibility index (Phi) is 8.34. The van der Waals surface area contributed by atoms with E-state index in [1.807, 2.05) is 59.5 Å². The number of nitrogens with zero attached hydrogens (tertiary/aromatic N) is 2. The molecule has 0 aliphatic carbocycles. The molecule has 7 heteroatoms. The van der Waals surface area contributed by atoms with Crippen LogP contribution >= 0.6 is 0 Å². The molecule has 2 atom stereocenters. The maximum atomic E-state index is 12.6. The lowest BCUT2D eigenvalue weighted by Crippen LogP contribution is -2.49. The summed E-state index contributed by atoms with van der Waals surface area (Å²) in [5, 5.41) is 7.37. The fourth-order valence-electron chi connectivity index (χ4n) is 4.41. The summed E-state index contributed by atoms with van der Waals surface area (Å²) in [6, 6.07) is 24.8. The molecule has 1 fully saturated rings. The lowest BCUT2D eigenvalue weighted by molar-refractivity contribution is -0.139. The molecule has 1 aliphatic heterocycles. The molecule has 1 saturated heterocycles. The fourth-order valence-corrected chi connectivity index (χ4v) is 4.41. The van der Waals surface area contributed by atoms with Crippen LogP contribution in [0.4, 0.5) is 11.4 Å². The molecule has 1 aliphatic rings. The van der Waals surface area contributed by atoms with Crippen molar-refractivity contribution in [2.75, 3.05) is 11.9 Å². The number of benzene rings is 3. The highest BCUT2D eigenvalue weighted by atomic mass is 16.5. The second kappa shape index (κ2) is 12.0. The van der Waals surface area contributed by atoms with Crippen LogP contribution in [0, 0.1) is 0 Å². The van der Waals surface area contributed by atoms with E-state index in [-0.39, 0.29) is 30.5 Å². The number of likely N-dealkylation sites (tertiary alicyclic amines) is 1. The van der Waals surface area contributed by atoms with Crippen LogP contribution in [-0.4, -0.2) is 41.6 Å². The van der Waals surface area contributed by atoms with Crippen LogP contribution < -0.4 is 15.5 Å². The summed E-state index contributed by atoms with van der Waals surface area (Å²) in [6.07, 6.45) is 4.80. The van der Waals surface area contributed by atoms with E-state index < -0.39 is 0 Å². The van der Waals surface area contributed by atoms with Gasteiger partial charge in [-0.2, -0.15) is 5.10 Å². The quantitative estimate of drug-likeness (QED) is 0.333. The topological polar surface area (TPSA) is 83.0 Å². The number of para-hydroxylation sites is 1. The standard InChI is InChI=1S/C29H32N4O3/c1-21-7-6-8-22(2)33(21)28(34)20-36-27-17-13-24(14-18-27)29(35)32-30-19-23-11-15-26(16-12-23)31-25-9-4-3-5-10-25/h3-5,9-19,21-22,31H,6-8,20H2,1-2H3,(H,32,35). The van der Waals surface area contributed by atoms with Gasteiger partial charge in [-0.25, -0.2) is 5.43 Å². The zero-order valence-electron chi connectivity index (χ0n) is 20.7. The van der Waals surface area contributed by atoms with Crippen molar-refractivity contribution < 1.29 is 14.3 Å². The van der Waals surface area contributed by atoms with Gasteiger partial charge < -0.3 is 15.0 Å². The molecule has 0 radical (unpaired) electrons. The predicted molar refractivity (Wildman–Crippen MR) is 143 cm³/mol. The van der Waals surface area contributed by atoms with Crippen LogP contribution in [0.5, 0.6) is 5.75 Å². The molecule has 2 unspecified atom stereocenters. The number of nitrogens with one attached hydrogen (secondary N) is 2. The van der Waals surface area contributed by atoms with Crippen molar-refractivity contribution in [3.63, 3.8) is 0 Å². The summed E-state index contributed by atoms with van der Waals surface area (Å²) in [5.74, 6) is 0.215. The maximum Gasteiger partial charge on any atom is 0.271 e. The number of hydrogen-bond acceptors (Lipinski definition) is 5. The summed E-state index contributed by atoms with van der Waals surface area (Å²) in [5.41, 5.74) is 5.83. The van der Waals surface area contributed by atoms with Crippen LogP contribution in [0.3, 0.4) is 0 Å². The molecule has 2 N–H and O–H groups in total. The van der Waals surface area contributed by atoms with E-state index in [9.17, 15) is 9.59 Å². The molecule has 1 heterocycles. The number of piperidine rings is 1. The number of anilines is 2. The van der Waals surface area contributed by atoms with Gasteiger partial charge in [0.2, 0.25) is 0 Å². The minimum Gasteiger partial charge on any atom is -0.484 e. The number of carbonyl (C=O) groups excluding carboxylic acids is 2. The van der Waals surface area contributed by atoms with Crippen molar-refractivity contribution in [1.29, 1.82) is 0 Å². The molecule has 3 aromatic carbocycles. The first-order valence-corrected chi connectivity index (χ1v) is 12.3. The van der Waals surface area contributed by atoms with Crippen molar-refractivity contribution >= 4 is 29.4 Å². The fraction of sp³-hybridized carbons (Fsp3) is 0.276. The zero-order valence-corrected chi connectivity index (χ0v) is 20.7. The molecule has 3 aromatic rings. The van der Waals surface area contributed by atoms with E-state index in [0.717, 1.165) is 36.2 Å². The van der Waals surface area contributed by atoms with Crippen LogP contribution in [0.15, 0.2) is 84.0 Å². The monoisotopic (exact) mass is 484 g/mol. The van der Waals surface area contributed by atoms with E-state index in [1.54, 1.807) is 30.5 Å². The molecule has 186 valence electrons. The van der Waals surface area contributed by atoms with Gasteiger partial charge in [0.1, 0.15) is 5.75 Å². The summed E-state index contributed by atoms with van der Waals surface area (Å²) >= 11 is 0. The largest absolute Gasteiger partial charge is 0.484 e. The van der Waals surface area contributed by atoms with Gasteiger partial charge in [0.05, 0.1) is 6.21 Å². The van der Waals surface area contributed by atoms with Crippen LogP contribution in [0.2, 0.25) is 0 Å². The van der Waals surface area contributed by atoms with E-state index in [0.29, 0.717) is 11.3 Å². The Hall–Kier alpha value is -4.13. The Morgan fingerprint density at radius 1 is 0.917 bits per heavy atom. The molecule has 7 nitrogen and oxygen atoms in total. The Bertz CT molecular complexity index is 1170. The zero-order chi connectivity index (χ0) is 25.3. The molecule has 0 saturated carbocycles. The Morgan fingerprint density at radius 2 is 1.56 bits per heavy atom. The molecule has 36 heavy (non-hydrogen) atoms. The highest BCUT2D eigenvalue weighted by Crippen LogP contribution is 2.23. The smallest absolute Gasteiger partial charge is 0.271 e. The number of rotatable bonds is 8. The normalized spacial score (nSPS) is 17.6. The molecule has 0 aromatic heterocycles. The van der Waals surface area contributed by atoms with Gasteiger partial charge in [-0.05, 0) is 87.2 Å². The highest BCUT2D eigenvalue weighted by molar-refractivity contribution is 5.95. The second-order valence-electron chi connectivity index (χ2n) is 9.06. The van der Waals surface area contributed by atoms with E-state index in [2.05, 4.69) is 29.7 Å². The van der Waals surface area contributed by atoms with Gasteiger partial charge in [0, 0.05) is 29.0 Å². The van der Waals surface area contributed by atoms with Crippen LogP contribution in [0.1, 0.15) is 49.0 Å². The average Bonchev–Trinajstić information content (AvgIpc) is 2.89. The predicted octanol–water partition coefficient (Wildman–Crippen LogP) is 5.36. The number of amides is 2. The minimum absolute atomic E-state index is 0.00487. The summed E-state index contributed by atoms with van der Waals surface area (Å²) in [4.78, 5) is 27.0. The minimum atomic E-state index is -0.327. The van der Waals surface area contributed by atoms with Crippen molar-refractivity contribution in [2.45, 2.75) is 45.2 Å². The molecular formula is C29H32N4O3. The molecular weight excluding hydrogens is 452 g/mol. The van der Waals surface area contributed by atoms with E-state index in [1.165, 1.54) is 0 Å². The summed E-state index contributed by atoms with van der Waals surface area (Å²) in [7, 11) is 0. The highest BCUT2D eigenvalue weighted by Gasteiger charge is 2.28. The van der Waals surface area contributed by atoms with Gasteiger partial charge in [0.15, 0.2) is 6.61 Å². The van der Waals surface area contributed by atoms with E-state index in [4.69, 9.17) is 4.74 Å². The third kappa shape index (κ3) is 6.72. The van der Waals surface area contributed by atoms with E-state index >= 15 is 0 Å². The van der Waals surface area contributed by atoms with Crippen LogP contribution in [0.25, 0.3) is 0 Å². The third-order valence-corrected chi connectivity index (χ3v) is 6.31. The Labute approximate surface area is 212 Å². The van der Waals surface area contributed by atoms with Crippen molar-refractivity contribution in [3.8, 4) is 5.75 Å². The van der Waals surface area contributed by atoms with Gasteiger partial charge >= 0.3 is 0 Å². The first kappa shape index (κ1) is 25.0. The number of carbonyl (C=O) groups is 2. The summed E-state index contributed by atoms with van der Waals surface area (Å²) < 4.78 is 5.68. The third-order valence-electron chi connectivity index (χ3n) is 6.31. The van der Waals surface area contributed by atoms with Crippen molar-refractivity contribution in [1.82, 2.24) is 10.3 Å². The SMILES string of the molecule is CC1CCCC(C)N1C(=O)COc1ccc(C(=O)NN=Cc2ccc(Nc3ccccc3)cc2)cc1. The number of ether oxygens (including phenoxy) is 1.